The summed E-state index contributed by atoms with van der Waals surface area (Å²) in [5.74, 6) is -1.02. The van der Waals surface area contributed by atoms with Crippen LogP contribution in [0.2, 0.25) is 0 Å². The minimum Gasteiger partial charge on any atom is -0.481 e. The first kappa shape index (κ1) is 14.6. The minimum atomic E-state index is -0.848. The molecular weight excluding hydrogens is 258 g/mol. The third-order valence-electron chi connectivity index (χ3n) is 3.96. The molecule has 0 saturated heterocycles. The van der Waals surface area contributed by atoms with Crippen molar-refractivity contribution in [3.63, 3.8) is 0 Å². The van der Waals surface area contributed by atoms with Crippen LogP contribution in [-0.4, -0.2) is 32.6 Å². The zero-order valence-corrected chi connectivity index (χ0v) is 11.7. The average Bonchev–Trinajstić information content (AvgIpc) is 3.00. The molecule has 1 saturated carbocycles. The van der Waals surface area contributed by atoms with E-state index in [2.05, 4.69) is 10.3 Å². The molecule has 0 bridgehead atoms. The molecule has 1 unspecified atom stereocenters. The van der Waals surface area contributed by atoms with Crippen LogP contribution in [0.25, 0.3) is 0 Å². The number of carbonyl (C=O) groups is 2. The van der Waals surface area contributed by atoms with E-state index >= 15 is 0 Å². The highest BCUT2D eigenvalue weighted by Crippen LogP contribution is 2.41. The van der Waals surface area contributed by atoms with Gasteiger partial charge in [-0.3, -0.25) is 9.59 Å². The van der Waals surface area contributed by atoms with Crippen molar-refractivity contribution in [1.82, 2.24) is 14.9 Å². The van der Waals surface area contributed by atoms with E-state index in [9.17, 15) is 14.7 Å². The standard InChI is InChI=1S/C14H21N3O3/c1-11(9-17-7-6-15-10-17)16-12(18)8-14(13(19)20)4-2-3-5-14/h6-7,10-11H,2-5,8-9H2,1H3,(H,16,18)(H,19,20). The molecule has 1 aliphatic carbocycles. The molecule has 0 aromatic carbocycles. The number of aliphatic carboxylic acids is 1. The van der Waals surface area contributed by atoms with Gasteiger partial charge in [-0.25, -0.2) is 4.98 Å². The lowest BCUT2D eigenvalue weighted by atomic mass is 9.82. The molecule has 0 spiro atoms. The Morgan fingerprint density at radius 3 is 2.70 bits per heavy atom. The Kier molecular flexibility index (Phi) is 4.42. The Bertz CT molecular complexity index is 464. The minimum absolute atomic E-state index is 0.0519. The summed E-state index contributed by atoms with van der Waals surface area (Å²) in [5.41, 5.74) is -0.848. The fourth-order valence-corrected chi connectivity index (χ4v) is 2.91. The maximum absolute atomic E-state index is 12.0. The van der Waals surface area contributed by atoms with Crippen molar-refractivity contribution in [1.29, 1.82) is 0 Å². The predicted molar refractivity (Wildman–Crippen MR) is 73.0 cm³/mol. The van der Waals surface area contributed by atoms with Crippen LogP contribution in [0.3, 0.4) is 0 Å². The molecule has 2 N–H and O–H groups in total. The number of amides is 1. The Morgan fingerprint density at radius 1 is 1.45 bits per heavy atom. The molecule has 1 aromatic rings. The molecule has 1 fully saturated rings. The second-order valence-corrected chi connectivity index (χ2v) is 5.70. The molecule has 0 radical (unpaired) electrons. The number of aromatic nitrogens is 2. The number of hydrogen-bond acceptors (Lipinski definition) is 3. The Morgan fingerprint density at radius 2 is 2.15 bits per heavy atom. The molecule has 1 heterocycles. The second-order valence-electron chi connectivity index (χ2n) is 5.70. The summed E-state index contributed by atoms with van der Waals surface area (Å²) in [6, 6.07) is -0.0519. The van der Waals surface area contributed by atoms with Crippen molar-refractivity contribution in [2.75, 3.05) is 0 Å². The van der Waals surface area contributed by atoms with Gasteiger partial charge in [0.2, 0.25) is 5.91 Å². The highest BCUT2D eigenvalue weighted by Gasteiger charge is 2.43. The third kappa shape index (κ3) is 3.37. The summed E-state index contributed by atoms with van der Waals surface area (Å²) in [4.78, 5) is 27.4. The Labute approximate surface area is 118 Å². The lowest BCUT2D eigenvalue weighted by molar-refractivity contribution is -0.151. The first-order chi connectivity index (χ1) is 9.52. The van der Waals surface area contributed by atoms with Gasteiger partial charge in [-0.2, -0.15) is 0 Å². The number of imidazole rings is 1. The smallest absolute Gasteiger partial charge is 0.310 e. The van der Waals surface area contributed by atoms with E-state index in [0.29, 0.717) is 19.4 Å². The Hall–Kier alpha value is -1.85. The van der Waals surface area contributed by atoms with Gasteiger partial charge in [0.25, 0.3) is 0 Å². The number of hydrogen-bond donors (Lipinski definition) is 2. The van der Waals surface area contributed by atoms with Gasteiger partial charge in [-0.15, -0.1) is 0 Å². The zero-order valence-electron chi connectivity index (χ0n) is 11.7. The van der Waals surface area contributed by atoms with Crippen LogP contribution in [0.4, 0.5) is 0 Å². The SMILES string of the molecule is CC(Cn1ccnc1)NC(=O)CC1(C(=O)O)CCCC1. The molecule has 1 amide bonds. The van der Waals surface area contributed by atoms with Gasteiger partial charge in [0.15, 0.2) is 0 Å². The highest BCUT2D eigenvalue weighted by atomic mass is 16.4. The largest absolute Gasteiger partial charge is 0.481 e. The average molecular weight is 279 g/mol. The number of nitrogens with one attached hydrogen (secondary N) is 1. The highest BCUT2D eigenvalue weighted by molar-refractivity contribution is 5.85. The maximum atomic E-state index is 12.0. The van der Waals surface area contributed by atoms with Gasteiger partial charge in [0.1, 0.15) is 0 Å². The van der Waals surface area contributed by atoms with Gasteiger partial charge in [-0.05, 0) is 19.8 Å². The van der Waals surface area contributed by atoms with Gasteiger partial charge >= 0.3 is 5.97 Å². The zero-order chi connectivity index (χ0) is 14.6. The fourth-order valence-electron chi connectivity index (χ4n) is 2.91. The molecule has 2 rings (SSSR count). The third-order valence-corrected chi connectivity index (χ3v) is 3.96. The van der Waals surface area contributed by atoms with Crippen LogP contribution in [-0.2, 0) is 16.1 Å². The van der Waals surface area contributed by atoms with Crippen molar-refractivity contribution in [3.05, 3.63) is 18.7 Å². The molecule has 1 aromatic heterocycles. The molecule has 110 valence electrons. The van der Waals surface area contributed by atoms with Crippen molar-refractivity contribution in [2.24, 2.45) is 5.41 Å². The fraction of sp³-hybridized carbons (Fsp3) is 0.643. The summed E-state index contributed by atoms with van der Waals surface area (Å²) in [6.45, 7) is 2.53. The van der Waals surface area contributed by atoms with Crippen molar-refractivity contribution >= 4 is 11.9 Å². The summed E-state index contributed by atoms with van der Waals surface area (Å²) >= 11 is 0. The number of carboxylic acids is 1. The number of carbonyl (C=O) groups excluding carboxylic acids is 1. The summed E-state index contributed by atoms with van der Waals surface area (Å²) < 4.78 is 1.88. The molecule has 1 aliphatic rings. The van der Waals surface area contributed by atoms with Crippen LogP contribution in [0.15, 0.2) is 18.7 Å². The second kappa shape index (κ2) is 6.07. The van der Waals surface area contributed by atoms with E-state index in [1.165, 1.54) is 0 Å². The summed E-state index contributed by atoms with van der Waals surface area (Å²) in [5, 5.41) is 12.2. The number of nitrogens with zero attached hydrogens (tertiary/aromatic N) is 2. The van der Waals surface area contributed by atoms with E-state index in [1.54, 1.807) is 12.5 Å². The molecular formula is C14H21N3O3. The lowest BCUT2D eigenvalue weighted by Crippen LogP contribution is -2.40. The maximum Gasteiger partial charge on any atom is 0.310 e. The van der Waals surface area contributed by atoms with Gasteiger partial charge in [-0.1, -0.05) is 12.8 Å². The molecule has 6 heteroatoms. The summed E-state index contributed by atoms with van der Waals surface area (Å²) in [7, 11) is 0. The van der Waals surface area contributed by atoms with E-state index in [0.717, 1.165) is 12.8 Å². The van der Waals surface area contributed by atoms with Crippen LogP contribution in [0, 0.1) is 5.41 Å². The van der Waals surface area contributed by atoms with E-state index < -0.39 is 11.4 Å². The lowest BCUT2D eigenvalue weighted by Gasteiger charge is -2.24. The van der Waals surface area contributed by atoms with E-state index in [4.69, 9.17) is 0 Å². The van der Waals surface area contributed by atoms with Crippen molar-refractivity contribution in [3.8, 4) is 0 Å². The number of carboxylic acid groups (broad SMARTS) is 1. The first-order valence-electron chi connectivity index (χ1n) is 7.00. The van der Waals surface area contributed by atoms with Crippen LogP contribution in [0.5, 0.6) is 0 Å². The van der Waals surface area contributed by atoms with Gasteiger partial charge in [0.05, 0.1) is 11.7 Å². The summed E-state index contributed by atoms with van der Waals surface area (Å²) in [6.07, 6.45) is 8.28. The van der Waals surface area contributed by atoms with E-state index in [-0.39, 0.29) is 18.4 Å². The van der Waals surface area contributed by atoms with E-state index in [1.807, 2.05) is 17.7 Å². The number of rotatable bonds is 6. The monoisotopic (exact) mass is 279 g/mol. The molecule has 1 atom stereocenters. The quantitative estimate of drug-likeness (QED) is 0.825. The van der Waals surface area contributed by atoms with Crippen LogP contribution >= 0.6 is 0 Å². The van der Waals surface area contributed by atoms with Crippen LogP contribution in [0.1, 0.15) is 39.0 Å². The molecule has 6 nitrogen and oxygen atoms in total. The molecule has 0 aliphatic heterocycles. The van der Waals surface area contributed by atoms with Gasteiger partial charge < -0.3 is 15.0 Å². The van der Waals surface area contributed by atoms with Crippen molar-refractivity contribution in [2.45, 2.75) is 51.6 Å². The topological polar surface area (TPSA) is 84.2 Å². The van der Waals surface area contributed by atoms with Crippen LogP contribution < -0.4 is 5.32 Å². The molecule has 20 heavy (non-hydrogen) atoms. The van der Waals surface area contributed by atoms with Crippen molar-refractivity contribution < 1.29 is 14.7 Å². The first-order valence-corrected chi connectivity index (χ1v) is 7.00. The normalized spacial score (nSPS) is 18.6. The van der Waals surface area contributed by atoms with Gasteiger partial charge in [0, 0.05) is 31.4 Å². The predicted octanol–water partition coefficient (Wildman–Crippen LogP) is 1.42. The Balaban J connectivity index is 1.86.